The van der Waals surface area contributed by atoms with Gasteiger partial charge in [0.15, 0.2) is 0 Å². The molecule has 5 nitrogen and oxygen atoms in total. The fourth-order valence-corrected chi connectivity index (χ4v) is 1.54. The highest BCUT2D eigenvalue weighted by molar-refractivity contribution is 5.73. The van der Waals surface area contributed by atoms with E-state index in [1.165, 1.54) is 0 Å². The zero-order valence-electron chi connectivity index (χ0n) is 10.9. The SMILES string of the molecule is Cc1nc(=O)[nH]c(C)c1CC(=O)OC(C)(C)C. The van der Waals surface area contributed by atoms with E-state index < -0.39 is 11.3 Å². The van der Waals surface area contributed by atoms with Gasteiger partial charge in [0, 0.05) is 17.0 Å². The Bertz CT molecular complexity index is 457. The Morgan fingerprint density at radius 1 is 1.35 bits per heavy atom. The Labute approximate surface area is 100 Å². The first-order valence-corrected chi connectivity index (χ1v) is 5.47. The van der Waals surface area contributed by atoms with Crippen LogP contribution >= 0.6 is 0 Å². The lowest BCUT2D eigenvalue weighted by Crippen LogP contribution is -2.26. The van der Waals surface area contributed by atoms with E-state index >= 15 is 0 Å². The highest BCUT2D eigenvalue weighted by atomic mass is 16.6. The van der Waals surface area contributed by atoms with Crippen molar-refractivity contribution in [2.24, 2.45) is 0 Å². The fourth-order valence-electron chi connectivity index (χ4n) is 1.54. The van der Waals surface area contributed by atoms with E-state index in [-0.39, 0.29) is 12.4 Å². The van der Waals surface area contributed by atoms with Crippen molar-refractivity contribution >= 4 is 5.97 Å². The molecule has 0 fully saturated rings. The van der Waals surface area contributed by atoms with Crippen LogP contribution in [-0.4, -0.2) is 21.5 Å². The van der Waals surface area contributed by atoms with Crippen molar-refractivity contribution in [2.75, 3.05) is 0 Å². The van der Waals surface area contributed by atoms with Crippen LogP contribution in [0.3, 0.4) is 0 Å². The summed E-state index contributed by atoms with van der Waals surface area (Å²) in [5, 5.41) is 0. The molecular weight excluding hydrogens is 220 g/mol. The third kappa shape index (κ3) is 4.01. The standard InChI is InChI=1S/C12H18N2O3/c1-7-9(8(2)14-11(16)13-7)6-10(15)17-12(3,4)5/h6H2,1-5H3,(H,13,14,16). The summed E-state index contributed by atoms with van der Waals surface area (Å²) < 4.78 is 5.22. The van der Waals surface area contributed by atoms with Crippen molar-refractivity contribution in [3.63, 3.8) is 0 Å². The van der Waals surface area contributed by atoms with Crippen molar-refractivity contribution in [1.82, 2.24) is 9.97 Å². The summed E-state index contributed by atoms with van der Waals surface area (Å²) in [4.78, 5) is 29.1. The van der Waals surface area contributed by atoms with Gasteiger partial charge in [0.25, 0.3) is 0 Å². The normalized spacial score (nSPS) is 11.4. The van der Waals surface area contributed by atoms with Crippen molar-refractivity contribution in [3.05, 3.63) is 27.4 Å². The first-order valence-electron chi connectivity index (χ1n) is 5.47. The molecule has 17 heavy (non-hydrogen) atoms. The predicted molar refractivity (Wildman–Crippen MR) is 63.9 cm³/mol. The Balaban J connectivity index is 2.90. The number of ether oxygens (including phenoxy) is 1. The summed E-state index contributed by atoms with van der Waals surface area (Å²) in [6, 6.07) is 0. The number of carbonyl (C=O) groups is 1. The molecule has 5 heteroatoms. The van der Waals surface area contributed by atoms with Gasteiger partial charge in [-0.1, -0.05) is 0 Å². The first-order chi connectivity index (χ1) is 7.69. The highest BCUT2D eigenvalue weighted by Crippen LogP contribution is 2.12. The van der Waals surface area contributed by atoms with Crippen molar-refractivity contribution in [2.45, 2.75) is 46.6 Å². The van der Waals surface area contributed by atoms with Gasteiger partial charge >= 0.3 is 11.7 Å². The van der Waals surface area contributed by atoms with E-state index in [2.05, 4.69) is 9.97 Å². The molecule has 0 aliphatic rings. The van der Waals surface area contributed by atoms with Crippen LogP contribution in [0.5, 0.6) is 0 Å². The summed E-state index contributed by atoms with van der Waals surface area (Å²) in [6.07, 6.45) is 0.124. The van der Waals surface area contributed by atoms with Crippen LogP contribution < -0.4 is 5.69 Å². The minimum atomic E-state index is -0.505. The van der Waals surface area contributed by atoms with E-state index in [9.17, 15) is 9.59 Å². The molecule has 0 spiro atoms. The third-order valence-corrected chi connectivity index (χ3v) is 2.19. The molecule has 1 aromatic rings. The molecule has 0 aliphatic heterocycles. The Hall–Kier alpha value is -1.65. The number of hydrogen-bond donors (Lipinski definition) is 1. The minimum absolute atomic E-state index is 0.124. The minimum Gasteiger partial charge on any atom is -0.460 e. The summed E-state index contributed by atoms with van der Waals surface area (Å²) >= 11 is 0. The number of nitrogens with one attached hydrogen (secondary N) is 1. The lowest BCUT2D eigenvalue weighted by molar-refractivity contribution is -0.153. The van der Waals surface area contributed by atoms with Gasteiger partial charge in [-0.15, -0.1) is 0 Å². The molecule has 0 amide bonds. The number of hydrogen-bond acceptors (Lipinski definition) is 4. The second kappa shape index (κ2) is 4.69. The molecule has 0 aliphatic carbocycles. The number of rotatable bonds is 2. The molecule has 94 valence electrons. The summed E-state index contributed by atoms with van der Waals surface area (Å²) in [5.41, 5.74) is 1.05. The smallest absolute Gasteiger partial charge is 0.345 e. The van der Waals surface area contributed by atoms with E-state index in [0.717, 1.165) is 5.56 Å². The maximum atomic E-state index is 11.7. The van der Waals surface area contributed by atoms with Gasteiger partial charge in [0.05, 0.1) is 6.42 Å². The number of esters is 1. The van der Waals surface area contributed by atoms with Gasteiger partial charge in [-0.25, -0.2) is 4.79 Å². The van der Waals surface area contributed by atoms with E-state index in [1.807, 2.05) is 20.8 Å². The Morgan fingerprint density at radius 3 is 2.41 bits per heavy atom. The zero-order chi connectivity index (χ0) is 13.2. The summed E-state index contributed by atoms with van der Waals surface area (Å²) in [5.74, 6) is -0.322. The number of carbonyl (C=O) groups excluding carboxylic acids is 1. The highest BCUT2D eigenvalue weighted by Gasteiger charge is 2.18. The molecule has 0 radical (unpaired) electrons. The van der Waals surface area contributed by atoms with E-state index in [0.29, 0.717) is 11.4 Å². The van der Waals surface area contributed by atoms with Crippen LogP contribution in [0, 0.1) is 13.8 Å². The number of aromatic amines is 1. The molecule has 0 saturated carbocycles. The molecule has 0 unspecified atom stereocenters. The van der Waals surface area contributed by atoms with Gasteiger partial charge in [-0.05, 0) is 34.6 Å². The van der Waals surface area contributed by atoms with Crippen LogP contribution in [0.2, 0.25) is 0 Å². The van der Waals surface area contributed by atoms with Crippen LogP contribution in [0.25, 0.3) is 0 Å². The molecule has 1 N–H and O–H groups in total. The first kappa shape index (κ1) is 13.4. The molecule has 0 saturated heterocycles. The molecule has 1 rings (SSSR count). The topological polar surface area (TPSA) is 72.0 Å². The van der Waals surface area contributed by atoms with Crippen molar-refractivity contribution in [3.8, 4) is 0 Å². The predicted octanol–water partition coefficient (Wildman–Crippen LogP) is 1.27. The molecule has 0 atom stereocenters. The largest absolute Gasteiger partial charge is 0.460 e. The van der Waals surface area contributed by atoms with Gasteiger partial charge in [0.1, 0.15) is 5.60 Å². The maximum Gasteiger partial charge on any atom is 0.345 e. The molecule has 1 aromatic heterocycles. The molecule has 0 aromatic carbocycles. The van der Waals surface area contributed by atoms with Crippen molar-refractivity contribution in [1.29, 1.82) is 0 Å². The fraction of sp³-hybridized carbons (Fsp3) is 0.583. The summed E-state index contributed by atoms with van der Waals surface area (Å²) in [6.45, 7) is 8.90. The van der Waals surface area contributed by atoms with Gasteiger partial charge in [0.2, 0.25) is 0 Å². The maximum absolute atomic E-state index is 11.7. The second-order valence-corrected chi connectivity index (χ2v) is 4.99. The Morgan fingerprint density at radius 2 is 1.94 bits per heavy atom. The van der Waals surface area contributed by atoms with Crippen LogP contribution in [0.4, 0.5) is 0 Å². The number of nitrogens with zero attached hydrogens (tertiary/aromatic N) is 1. The molecular formula is C12H18N2O3. The number of H-pyrrole nitrogens is 1. The average molecular weight is 238 g/mol. The van der Waals surface area contributed by atoms with Gasteiger partial charge in [-0.3, -0.25) is 4.79 Å². The van der Waals surface area contributed by atoms with E-state index in [4.69, 9.17) is 4.74 Å². The monoisotopic (exact) mass is 238 g/mol. The molecule has 0 bridgehead atoms. The Kier molecular flexibility index (Phi) is 3.70. The second-order valence-electron chi connectivity index (χ2n) is 4.99. The molecule has 1 heterocycles. The van der Waals surface area contributed by atoms with Crippen LogP contribution in [-0.2, 0) is 16.0 Å². The van der Waals surface area contributed by atoms with Crippen molar-refractivity contribution < 1.29 is 9.53 Å². The third-order valence-electron chi connectivity index (χ3n) is 2.19. The number of aromatic nitrogens is 2. The zero-order valence-corrected chi connectivity index (χ0v) is 10.9. The summed E-state index contributed by atoms with van der Waals surface area (Å²) in [7, 11) is 0. The van der Waals surface area contributed by atoms with E-state index in [1.54, 1.807) is 13.8 Å². The van der Waals surface area contributed by atoms with Gasteiger partial charge in [-0.2, -0.15) is 4.98 Å². The number of aryl methyl sites for hydroxylation is 2. The van der Waals surface area contributed by atoms with Crippen LogP contribution in [0.15, 0.2) is 4.79 Å². The van der Waals surface area contributed by atoms with Crippen LogP contribution in [0.1, 0.15) is 37.7 Å². The van der Waals surface area contributed by atoms with Gasteiger partial charge < -0.3 is 9.72 Å². The lowest BCUT2D eigenvalue weighted by atomic mass is 10.1. The average Bonchev–Trinajstić information content (AvgIpc) is 2.08. The quantitative estimate of drug-likeness (QED) is 0.787. The lowest BCUT2D eigenvalue weighted by Gasteiger charge is -2.20.